The van der Waals surface area contributed by atoms with E-state index >= 15 is 0 Å². The van der Waals surface area contributed by atoms with E-state index < -0.39 is 11.2 Å². The van der Waals surface area contributed by atoms with Crippen LogP contribution in [0.25, 0.3) is 11.6 Å². The lowest BCUT2D eigenvalue weighted by atomic mass is 10.1. The number of carbonyl (C=O) groups is 1. The second-order valence-electron chi connectivity index (χ2n) is 5.29. The Balaban J connectivity index is 1.82. The Kier molecular flexibility index (Phi) is 3.85. The lowest BCUT2D eigenvalue weighted by Gasteiger charge is -2.21. The summed E-state index contributed by atoms with van der Waals surface area (Å²) in [7, 11) is 0. The third-order valence-electron chi connectivity index (χ3n) is 3.61. The van der Waals surface area contributed by atoms with Crippen molar-refractivity contribution in [2.75, 3.05) is 0 Å². The first-order valence-corrected chi connectivity index (χ1v) is 8.22. The molecule has 0 aliphatic carbocycles. The number of rotatable bonds is 4. The van der Waals surface area contributed by atoms with Crippen molar-refractivity contribution >= 4 is 23.4 Å². The van der Waals surface area contributed by atoms with Crippen LogP contribution < -0.4 is 0 Å². The Bertz CT molecular complexity index is 950. The topological polar surface area (TPSA) is 93.5 Å². The summed E-state index contributed by atoms with van der Waals surface area (Å²) in [6.45, 7) is 0. The van der Waals surface area contributed by atoms with E-state index in [1.165, 1.54) is 34.8 Å². The van der Waals surface area contributed by atoms with Gasteiger partial charge in [0.1, 0.15) is 5.82 Å². The van der Waals surface area contributed by atoms with Gasteiger partial charge >= 0.3 is 5.97 Å². The summed E-state index contributed by atoms with van der Waals surface area (Å²) in [5, 5.41) is 21.9. The molecule has 1 aliphatic rings. The first-order chi connectivity index (χ1) is 12.1. The van der Waals surface area contributed by atoms with Crippen molar-refractivity contribution in [1.29, 1.82) is 0 Å². The summed E-state index contributed by atoms with van der Waals surface area (Å²) in [5.74, 6) is -0.408. The van der Waals surface area contributed by atoms with Crippen LogP contribution in [0.3, 0.4) is 0 Å². The molecule has 0 bridgehead atoms. The quantitative estimate of drug-likeness (QED) is 0.771. The molecule has 7 nitrogen and oxygen atoms in total. The maximum absolute atomic E-state index is 13.2. The number of aliphatic carboxylic acids is 1. The van der Waals surface area contributed by atoms with Crippen molar-refractivity contribution in [3.05, 3.63) is 54.0 Å². The number of carboxylic acid groups (broad SMARTS) is 1. The van der Waals surface area contributed by atoms with E-state index in [1.807, 2.05) is 0 Å². The van der Waals surface area contributed by atoms with Crippen molar-refractivity contribution in [2.45, 2.75) is 16.8 Å². The molecule has 1 aliphatic heterocycles. The number of halogens is 1. The van der Waals surface area contributed by atoms with Crippen LogP contribution in [0.1, 0.15) is 12.0 Å². The van der Waals surface area contributed by atoms with Gasteiger partial charge < -0.3 is 9.52 Å². The number of furan rings is 1. The summed E-state index contributed by atoms with van der Waals surface area (Å²) in [4.78, 5) is 11.2. The molecular weight excluding hydrogens is 347 g/mol. The Morgan fingerprint density at radius 2 is 2.08 bits per heavy atom. The number of benzene rings is 1. The zero-order chi connectivity index (χ0) is 17.4. The molecule has 0 saturated carbocycles. The Hall–Kier alpha value is -2.94. The first kappa shape index (κ1) is 15.6. The molecule has 0 saturated heterocycles. The predicted octanol–water partition coefficient (Wildman–Crippen LogP) is 2.88. The van der Waals surface area contributed by atoms with Crippen LogP contribution >= 0.6 is 11.8 Å². The molecule has 9 heteroatoms. The fourth-order valence-electron chi connectivity index (χ4n) is 2.50. The van der Waals surface area contributed by atoms with E-state index in [2.05, 4.69) is 15.3 Å². The van der Waals surface area contributed by atoms with Gasteiger partial charge in [0.15, 0.2) is 5.76 Å². The van der Waals surface area contributed by atoms with Crippen molar-refractivity contribution in [2.24, 2.45) is 5.10 Å². The van der Waals surface area contributed by atoms with Crippen molar-refractivity contribution in [1.82, 2.24) is 14.9 Å². The normalized spacial score (nSPS) is 16.4. The molecule has 3 heterocycles. The number of fused-ring (bicyclic) bond motifs is 1. The van der Waals surface area contributed by atoms with Crippen LogP contribution in [-0.4, -0.2) is 36.9 Å². The van der Waals surface area contributed by atoms with E-state index in [1.54, 1.807) is 24.3 Å². The van der Waals surface area contributed by atoms with Crippen molar-refractivity contribution in [3.63, 3.8) is 0 Å². The fourth-order valence-corrected chi connectivity index (χ4v) is 3.60. The number of thioether (sulfide) groups is 1. The Labute approximate surface area is 145 Å². The molecule has 126 valence electrons. The van der Waals surface area contributed by atoms with Gasteiger partial charge in [-0.25, -0.2) is 4.39 Å². The Morgan fingerprint density at radius 3 is 2.76 bits per heavy atom. The minimum absolute atomic E-state index is 0.135. The predicted molar refractivity (Wildman–Crippen MR) is 88.0 cm³/mol. The fraction of sp³-hybridized carbons (Fsp3) is 0.125. The van der Waals surface area contributed by atoms with Gasteiger partial charge in [-0.3, -0.25) is 4.79 Å². The minimum atomic E-state index is -0.952. The zero-order valence-corrected chi connectivity index (χ0v) is 13.5. The highest BCUT2D eigenvalue weighted by Crippen LogP contribution is 2.34. The van der Waals surface area contributed by atoms with Crippen LogP contribution in [0.4, 0.5) is 4.39 Å². The molecule has 3 aromatic rings. The SMILES string of the molecule is O=C(O)C[C@@H]1Sc2nnc(-c3ccco3)n2N=C1c1ccc(F)cc1. The third-order valence-corrected chi connectivity index (χ3v) is 4.75. The highest BCUT2D eigenvalue weighted by atomic mass is 32.2. The standard InChI is InChI=1S/C16H11FN4O3S/c17-10-5-3-9(4-6-10)14-12(8-13(22)23)25-16-19-18-15(21(16)20-14)11-2-1-7-24-11/h1-7,12H,8H2,(H,22,23)/t12-/m0/s1. The van der Waals surface area contributed by atoms with Crippen LogP contribution in [0, 0.1) is 5.82 Å². The molecule has 0 unspecified atom stereocenters. The van der Waals surface area contributed by atoms with E-state index in [9.17, 15) is 14.3 Å². The third kappa shape index (κ3) is 2.93. The molecule has 1 N–H and O–H groups in total. The molecule has 4 rings (SSSR count). The van der Waals surface area contributed by atoms with Crippen LogP contribution in [0.15, 0.2) is 57.3 Å². The molecule has 25 heavy (non-hydrogen) atoms. The van der Waals surface area contributed by atoms with Gasteiger partial charge in [-0.05, 0) is 29.8 Å². The summed E-state index contributed by atoms with van der Waals surface area (Å²) in [6.07, 6.45) is 1.38. The smallest absolute Gasteiger partial charge is 0.304 e. The van der Waals surface area contributed by atoms with Gasteiger partial charge in [0.05, 0.1) is 23.6 Å². The summed E-state index contributed by atoms with van der Waals surface area (Å²) in [5.41, 5.74) is 1.16. The highest BCUT2D eigenvalue weighted by Gasteiger charge is 2.31. The maximum Gasteiger partial charge on any atom is 0.304 e. The first-order valence-electron chi connectivity index (χ1n) is 7.34. The lowest BCUT2D eigenvalue weighted by Crippen LogP contribution is -2.27. The average Bonchev–Trinajstić information content (AvgIpc) is 3.23. The van der Waals surface area contributed by atoms with Gasteiger partial charge in [-0.1, -0.05) is 23.9 Å². The number of nitrogens with zero attached hydrogens (tertiary/aromatic N) is 4. The highest BCUT2D eigenvalue weighted by molar-refractivity contribution is 8.00. The monoisotopic (exact) mass is 358 g/mol. The zero-order valence-electron chi connectivity index (χ0n) is 12.7. The molecule has 2 aromatic heterocycles. The van der Waals surface area contributed by atoms with E-state index in [-0.39, 0.29) is 12.2 Å². The van der Waals surface area contributed by atoms with Gasteiger partial charge in [-0.15, -0.1) is 10.2 Å². The second kappa shape index (κ2) is 6.17. The number of hydrogen-bond donors (Lipinski definition) is 1. The molecule has 0 radical (unpaired) electrons. The summed E-state index contributed by atoms with van der Waals surface area (Å²) in [6, 6.07) is 9.24. The molecule has 0 fully saturated rings. The van der Waals surface area contributed by atoms with Crippen LogP contribution in [0.5, 0.6) is 0 Å². The molecule has 0 spiro atoms. The van der Waals surface area contributed by atoms with Crippen molar-refractivity contribution in [3.8, 4) is 11.6 Å². The van der Waals surface area contributed by atoms with Gasteiger partial charge in [0, 0.05) is 0 Å². The van der Waals surface area contributed by atoms with E-state index in [4.69, 9.17) is 4.42 Å². The lowest BCUT2D eigenvalue weighted by molar-refractivity contribution is -0.136. The molecule has 1 aromatic carbocycles. The molecule has 1 atom stereocenters. The van der Waals surface area contributed by atoms with Crippen LogP contribution in [-0.2, 0) is 4.79 Å². The van der Waals surface area contributed by atoms with Gasteiger partial charge in [0.2, 0.25) is 11.0 Å². The number of carboxylic acids is 1. The number of hydrogen-bond acceptors (Lipinski definition) is 6. The minimum Gasteiger partial charge on any atom is -0.481 e. The largest absolute Gasteiger partial charge is 0.481 e. The van der Waals surface area contributed by atoms with Gasteiger partial charge in [-0.2, -0.15) is 9.78 Å². The van der Waals surface area contributed by atoms with Crippen LogP contribution in [0.2, 0.25) is 0 Å². The molecule has 0 amide bonds. The average molecular weight is 358 g/mol. The number of aromatic nitrogens is 3. The summed E-state index contributed by atoms with van der Waals surface area (Å²) < 4.78 is 20.1. The second-order valence-corrected chi connectivity index (χ2v) is 6.46. The summed E-state index contributed by atoms with van der Waals surface area (Å²) >= 11 is 1.25. The van der Waals surface area contributed by atoms with Gasteiger partial charge in [0.25, 0.3) is 0 Å². The van der Waals surface area contributed by atoms with Crippen molar-refractivity contribution < 1.29 is 18.7 Å². The van der Waals surface area contributed by atoms with E-state index in [0.29, 0.717) is 28.0 Å². The Morgan fingerprint density at radius 1 is 1.28 bits per heavy atom. The maximum atomic E-state index is 13.2. The molecular formula is C16H11FN4O3S. The van der Waals surface area contributed by atoms with E-state index in [0.717, 1.165) is 0 Å².